The fraction of sp³-hybridized carbons (Fsp3) is 0.250. The molecule has 0 saturated carbocycles. The number of carbonyl (C=O) groups is 1. The van der Waals surface area contributed by atoms with Crippen LogP contribution >= 0.6 is 11.3 Å². The summed E-state index contributed by atoms with van der Waals surface area (Å²) in [5, 5.41) is 3.91. The molecule has 0 spiro atoms. The van der Waals surface area contributed by atoms with Crippen molar-refractivity contribution in [3.8, 4) is 5.75 Å². The lowest BCUT2D eigenvalue weighted by Gasteiger charge is -2.08. The molecular weight excluding hydrogens is 284 g/mol. The fourth-order valence-corrected chi connectivity index (χ4v) is 2.58. The highest BCUT2D eigenvalue weighted by Gasteiger charge is 2.04. The van der Waals surface area contributed by atoms with Gasteiger partial charge < -0.3 is 4.74 Å². The summed E-state index contributed by atoms with van der Waals surface area (Å²) in [5.74, 6) is 0.438. The molecule has 0 unspecified atom stereocenters. The van der Waals surface area contributed by atoms with Gasteiger partial charge in [0.15, 0.2) is 6.61 Å². The molecule has 4 nitrogen and oxygen atoms in total. The summed E-state index contributed by atoms with van der Waals surface area (Å²) in [6.45, 7) is 5.95. The Balaban J connectivity index is 1.81. The summed E-state index contributed by atoms with van der Waals surface area (Å²) in [7, 11) is 0. The second-order valence-electron chi connectivity index (χ2n) is 4.80. The van der Waals surface area contributed by atoms with Crippen molar-refractivity contribution in [2.75, 3.05) is 6.61 Å². The van der Waals surface area contributed by atoms with Crippen LogP contribution < -0.4 is 10.2 Å². The number of benzene rings is 1. The molecule has 1 heterocycles. The van der Waals surface area contributed by atoms with Crippen LogP contribution in [0, 0.1) is 20.8 Å². The minimum atomic E-state index is -0.278. The fourth-order valence-electron chi connectivity index (χ4n) is 1.83. The van der Waals surface area contributed by atoms with E-state index in [0.717, 1.165) is 10.4 Å². The minimum Gasteiger partial charge on any atom is -0.483 e. The topological polar surface area (TPSA) is 50.7 Å². The molecule has 1 aromatic heterocycles. The zero-order chi connectivity index (χ0) is 15.2. The maximum absolute atomic E-state index is 11.6. The average Bonchev–Trinajstić information content (AvgIpc) is 2.83. The van der Waals surface area contributed by atoms with Crippen molar-refractivity contribution < 1.29 is 9.53 Å². The Morgan fingerprint density at radius 3 is 2.76 bits per heavy atom. The van der Waals surface area contributed by atoms with E-state index in [2.05, 4.69) is 10.5 Å². The highest BCUT2D eigenvalue weighted by Crippen LogP contribution is 2.18. The molecule has 0 aliphatic heterocycles. The zero-order valence-electron chi connectivity index (χ0n) is 12.3. The first kappa shape index (κ1) is 15.3. The monoisotopic (exact) mass is 302 g/mol. The van der Waals surface area contributed by atoms with Crippen molar-refractivity contribution in [2.24, 2.45) is 5.10 Å². The van der Waals surface area contributed by atoms with Gasteiger partial charge in [-0.25, -0.2) is 5.43 Å². The Bertz CT molecular complexity index is 662. The Kier molecular flexibility index (Phi) is 5.11. The van der Waals surface area contributed by atoms with Crippen LogP contribution in [-0.2, 0) is 4.79 Å². The van der Waals surface area contributed by atoms with Gasteiger partial charge >= 0.3 is 0 Å². The van der Waals surface area contributed by atoms with Gasteiger partial charge in [0, 0.05) is 9.75 Å². The first-order chi connectivity index (χ1) is 10.0. The quantitative estimate of drug-likeness (QED) is 0.681. The normalized spacial score (nSPS) is 10.8. The zero-order valence-corrected chi connectivity index (χ0v) is 13.2. The maximum atomic E-state index is 11.6. The molecular formula is C16H18N2O2S. The number of nitrogens with one attached hydrogen (secondary N) is 1. The van der Waals surface area contributed by atoms with E-state index >= 15 is 0 Å². The molecule has 110 valence electrons. The largest absolute Gasteiger partial charge is 0.483 e. The predicted octanol–water partition coefficient (Wildman–Crippen LogP) is 3.20. The van der Waals surface area contributed by atoms with Gasteiger partial charge in [-0.3, -0.25) is 4.79 Å². The molecule has 0 saturated heterocycles. The summed E-state index contributed by atoms with van der Waals surface area (Å²) >= 11 is 1.62. The van der Waals surface area contributed by atoms with Crippen LogP contribution in [-0.4, -0.2) is 18.7 Å². The SMILES string of the molecule is Cc1ccc(OCC(=O)N/N=C\c2ccc(C)s2)c(C)c1. The molecule has 2 rings (SSSR count). The van der Waals surface area contributed by atoms with E-state index in [4.69, 9.17) is 4.74 Å². The third-order valence-electron chi connectivity index (χ3n) is 2.83. The van der Waals surface area contributed by atoms with Gasteiger partial charge in [0.1, 0.15) is 5.75 Å². The van der Waals surface area contributed by atoms with E-state index in [-0.39, 0.29) is 12.5 Å². The van der Waals surface area contributed by atoms with Crippen molar-refractivity contribution >= 4 is 23.5 Å². The number of amides is 1. The van der Waals surface area contributed by atoms with Gasteiger partial charge in [-0.1, -0.05) is 17.7 Å². The van der Waals surface area contributed by atoms with Crippen LogP contribution in [0.2, 0.25) is 0 Å². The molecule has 21 heavy (non-hydrogen) atoms. The van der Waals surface area contributed by atoms with Crippen LogP contribution in [0.15, 0.2) is 35.4 Å². The molecule has 0 bridgehead atoms. The Morgan fingerprint density at radius 1 is 1.29 bits per heavy atom. The molecule has 5 heteroatoms. The standard InChI is InChI=1S/C16H18N2O2S/c1-11-4-7-15(12(2)8-11)20-10-16(19)18-17-9-14-6-5-13(3)21-14/h4-9H,10H2,1-3H3,(H,18,19)/b17-9-. The van der Waals surface area contributed by atoms with Crippen molar-refractivity contribution in [3.05, 3.63) is 51.2 Å². The van der Waals surface area contributed by atoms with Crippen molar-refractivity contribution in [1.29, 1.82) is 0 Å². The van der Waals surface area contributed by atoms with E-state index < -0.39 is 0 Å². The molecule has 2 aromatic rings. The third-order valence-corrected chi connectivity index (χ3v) is 3.77. The van der Waals surface area contributed by atoms with E-state index in [9.17, 15) is 4.79 Å². The highest BCUT2D eigenvalue weighted by atomic mass is 32.1. The lowest BCUT2D eigenvalue weighted by atomic mass is 10.1. The number of rotatable bonds is 5. The number of hydrogen-bond donors (Lipinski definition) is 1. The summed E-state index contributed by atoms with van der Waals surface area (Å²) in [4.78, 5) is 13.9. The van der Waals surface area contributed by atoms with Gasteiger partial charge in [0.2, 0.25) is 0 Å². The number of hydrogen-bond acceptors (Lipinski definition) is 4. The first-order valence-corrected chi connectivity index (χ1v) is 7.44. The highest BCUT2D eigenvalue weighted by molar-refractivity contribution is 7.13. The van der Waals surface area contributed by atoms with Gasteiger partial charge in [0.05, 0.1) is 6.21 Å². The molecule has 1 amide bonds. The molecule has 1 N–H and O–H groups in total. The van der Waals surface area contributed by atoms with Gasteiger partial charge in [-0.2, -0.15) is 5.10 Å². The van der Waals surface area contributed by atoms with E-state index in [1.54, 1.807) is 17.6 Å². The van der Waals surface area contributed by atoms with E-state index in [1.807, 2.05) is 51.1 Å². The molecule has 0 radical (unpaired) electrons. The number of hydrazone groups is 1. The first-order valence-electron chi connectivity index (χ1n) is 6.63. The Morgan fingerprint density at radius 2 is 2.10 bits per heavy atom. The number of ether oxygens (including phenoxy) is 1. The molecule has 0 fully saturated rings. The number of aryl methyl sites for hydroxylation is 3. The predicted molar refractivity (Wildman–Crippen MR) is 86.2 cm³/mol. The van der Waals surface area contributed by atoms with Gasteiger partial charge in [-0.15, -0.1) is 11.3 Å². The lowest BCUT2D eigenvalue weighted by molar-refractivity contribution is -0.123. The van der Waals surface area contributed by atoms with Crippen LogP contribution in [0.4, 0.5) is 0 Å². The molecule has 0 aliphatic rings. The molecule has 1 aromatic carbocycles. The molecule has 0 aliphatic carbocycles. The summed E-state index contributed by atoms with van der Waals surface area (Å²) in [5.41, 5.74) is 4.63. The minimum absolute atomic E-state index is 0.0509. The summed E-state index contributed by atoms with van der Waals surface area (Å²) < 4.78 is 5.48. The summed E-state index contributed by atoms with van der Waals surface area (Å²) in [6.07, 6.45) is 1.63. The van der Waals surface area contributed by atoms with Crippen molar-refractivity contribution in [1.82, 2.24) is 5.43 Å². The van der Waals surface area contributed by atoms with Crippen molar-refractivity contribution in [3.63, 3.8) is 0 Å². The van der Waals surface area contributed by atoms with E-state index in [1.165, 1.54) is 10.4 Å². The van der Waals surface area contributed by atoms with Crippen LogP contribution in [0.1, 0.15) is 20.9 Å². The van der Waals surface area contributed by atoms with Crippen LogP contribution in [0.25, 0.3) is 0 Å². The average molecular weight is 302 g/mol. The Labute approximate surface area is 128 Å². The Hall–Kier alpha value is -2.14. The lowest BCUT2D eigenvalue weighted by Crippen LogP contribution is -2.24. The third kappa shape index (κ3) is 4.72. The van der Waals surface area contributed by atoms with Gasteiger partial charge in [0.25, 0.3) is 5.91 Å². The molecule has 0 atom stereocenters. The smallest absolute Gasteiger partial charge is 0.277 e. The number of thiophene rings is 1. The van der Waals surface area contributed by atoms with Crippen LogP contribution in [0.3, 0.4) is 0 Å². The van der Waals surface area contributed by atoms with Crippen molar-refractivity contribution in [2.45, 2.75) is 20.8 Å². The second-order valence-corrected chi connectivity index (χ2v) is 6.12. The maximum Gasteiger partial charge on any atom is 0.277 e. The van der Waals surface area contributed by atoms with E-state index in [0.29, 0.717) is 5.75 Å². The summed E-state index contributed by atoms with van der Waals surface area (Å²) in [6, 6.07) is 9.82. The van der Waals surface area contributed by atoms with Crippen LogP contribution in [0.5, 0.6) is 5.75 Å². The number of carbonyl (C=O) groups excluding carboxylic acids is 1. The van der Waals surface area contributed by atoms with Gasteiger partial charge in [-0.05, 0) is 44.5 Å². The number of nitrogens with zero attached hydrogens (tertiary/aromatic N) is 1. The second kappa shape index (κ2) is 7.04.